The molecule has 3 aliphatic rings. The molecule has 0 saturated heterocycles. The molecule has 3 saturated carbocycles. The smallest absolute Gasteiger partial charge is 0.251 e. The van der Waals surface area contributed by atoms with Gasteiger partial charge in [-0.25, -0.2) is 0 Å². The van der Waals surface area contributed by atoms with Crippen LogP contribution < -0.4 is 10.1 Å². The quantitative estimate of drug-likeness (QED) is 0.926. The Labute approximate surface area is 126 Å². The minimum Gasteiger partial charge on any atom is -0.497 e. The van der Waals surface area contributed by atoms with Gasteiger partial charge in [0, 0.05) is 11.6 Å². The molecule has 0 radical (unpaired) electrons. The molecule has 1 N–H and O–H groups in total. The van der Waals surface area contributed by atoms with Gasteiger partial charge in [0.1, 0.15) is 5.75 Å². The second-order valence-corrected chi connectivity index (χ2v) is 6.96. The molecule has 1 aromatic carbocycles. The monoisotopic (exact) mass is 285 g/mol. The van der Waals surface area contributed by atoms with Gasteiger partial charge in [-0.05, 0) is 73.6 Å². The van der Waals surface area contributed by atoms with Crippen LogP contribution >= 0.6 is 0 Å². The van der Waals surface area contributed by atoms with Crippen LogP contribution in [0.1, 0.15) is 42.5 Å². The second-order valence-electron chi connectivity index (χ2n) is 6.96. The highest BCUT2D eigenvalue weighted by Crippen LogP contribution is 2.58. The Morgan fingerprint density at radius 2 is 1.86 bits per heavy atom. The molecule has 3 nitrogen and oxygen atoms in total. The van der Waals surface area contributed by atoms with Crippen molar-refractivity contribution in [2.45, 2.75) is 38.1 Å². The molecule has 1 aromatic rings. The average Bonchev–Trinajstić information content (AvgIpc) is 3.19. The fourth-order valence-corrected chi connectivity index (χ4v) is 5.23. The molecule has 21 heavy (non-hydrogen) atoms. The Morgan fingerprint density at radius 3 is 2.62 bits per heavy atom. The fourth-order valence-electron chi connectivity index (χ4n) is 5.23. The van der Waals surface area contributed by atoms with E-state index in [1.165, 1.54) is 32.1 Å². The second kappa shape index (κ2) is 5.04. The highest BCUT2D eigenvalue weighted by Gasteiger charge is 2.53. The summed E-state index contributed by atoms with van der Waals surface area (Å²) >= 11 is 0. The first kappa shape index (κ1) is 13.2. The van der Waals surface area contributed by atoms with Crippen LogP contribution in [0.4, 0.5) is 0 Å². The highest BCUT2D eigenvalue weighted by atomic mass is 16.5. The van der Waals surface area contributed by atoms with E-state index in [0.29, 0.717) is 6.04 Å². The van der Waals surface area contributed by atoms with Gasteiger partial charge in [0.2, 0.25) is 0 Å². The molecule has 4 rings (SSSR count). The lowest BCUT2D eigenvalue weighted by atomic mass is 9.79. The lowest BCUT2D eigenvalue weighted by Crippen LogP contribution is -2.42. The minimum absolute atomic E-state index is 0.0738. The summed E-state index contributed by atoms with van der Waals surface area (Å²) in [6.07, 6.45) is 6.78. The molecule has 0 spiro atoms. The van der Waals surface area contributed by atoms with Gasteiger partial charge in [-0.3, -0.25) is 4.79 Å². The van der Waals surface area contributed by atoms with Crippen molar-refractivity contribution < 1.29 is 9.53 Å². The number of ether oxygens (including phenoxy) is 1. The summed E-state index contributed by atoms with van der Waals surface area (Å²) in [6.45, 7) is 0. The van der Waals surface area contributed by atoms with Crippen LogP contribution in [0, 0.1) is 23.7 Å². The molecule has 3 aliphatic carbocycles. The Hall–Kier alpha value is -1.51. The lowest BCUT2D eigenvalue weighted by Gasteiger charge is -2.32. The van der Waals surface area contributed by atoms with E-state index in [4.69, 9.17) is 4.74 Å². The molecular formula is C18H23NO2. The number of rotatable bonds is 3. The van der Waals surface area contributed by atoms with Crippen molar-refractivity contribution in [3.05, 3.63) is 29.8 Å². The van der Waals surface area contributed by atoms with Crippen LogP contribution in [-0.2, 0) is 0 Å². The van der Waals surface area contributed by atoms with E-state index in [2.05, 4.69) is 5.32 Å². The summed E-state index contributed by atoms with van der Waals surface area (Å²) in [5.41, 5.74) is 0.738. The summed E-state index contributed by atoms with van der Waals surface area (Å²) < 4.78 is 5.14. The predicted octanol–water partition coefficient (Wildman–Crippen LogP) is 3.25. The van der Waals surface area contributed by atoms with Gasteiger partial charge in [-0.2, -0.15) is 0 Å². The first-order valence-corrected chi connectivity index (χ1v) is 8.21. The molecule has 3 heteroatoms. The molecule has 0 heterocycles. The standard InChI is InChI=1S/C18H23NO2/c1-21-13-7-5-11(6-8-13)18(20)19-17-10-12-9-16(17)15-4-2-3-14(12)15/h5-8,12,14-17H,2-4,9-10H2,1H3,(H,19,20). The molecule has 112 valence electrons. The minimum atomic E-state index is 0.0738. The van der Waals surface area contributed by atoms with E-state index in [1.807, 2.05) is 24.3 Å². The van der Waals surface area contributed by atoms with E-state index < -0.39 is 0 Å². The number of nitrogens with one attached hydrogen (secondary N) is 1. The number of carbonyl (C=O) groups excluding carboxylic acids is 1. The summed E-state index contributed by atoms with van der Waals surface area (Å²) in [5.74, 6) is 4.35. The third-order valence-electron chi connectivity index (χ3n) is 6.10. The zero-order chi connectivity index (χ0) is 14.4. The molecule has 5 atom stereocenters. The van der Waals surface area contributed by atoms with Crippen molar-refractivity contribution in [1.29, 1.82) is 0 Å². The summed E-state index contributed by atoms with van der Waals surface area (Å²) in [7, 11) is 1.64. The van der Waals surface area contributed by atoms with Crippen molar-refractivity contribution in [2.75, 3.05) is 7.11 Å². The molecule has 0 aromatic heterocycles. The predicted molar refractivity (Wildman–Crippen MR) is 81.3 cm³/mol. The highest BCUT2D eigenvalue weighted by molar-refractivity contribution is 5.94. The van der Waals surface area contributed by atoms with Gasteiger partial charge in [0.05, 0.1) is 7.11 Å². The van der Waals surface area contributed by atoms with Crippen LogP contribution in [0.5, 0.6) is 5.75 Å². The number of hydrogen-bond acceptors (Lipinski definition) is 2. The van der Waals surface area contributed by atoms with Crippen molar-refractivity contribution >= 4 is 5.91 Å². The maximum absolute atomic E-state index is 12.4. The van der Waals surface area contributed by atoms with Crippen molar-refractivity contribution in [2.24, 2.45) is 23.7 Å². The van der Waals surface area contributed by atoms with Gasteiger partial charge in [0.15, 0.2) is 0 Å². The van der Waals surface area contributed by atoms with E-state index in [1.54, 1.807) is 7.11 Å². The Morgan fingerprint density at radius 1 is 1.10 bits per heavy atom. The maximum Gasteiger partial charge on any atom is 0.251 e. The fraction of sp³-hybridized carbons (Fsp3) is 0.611. The number of fused-ring (bicyclic) bond motifs is 5. The normalized spacial score (nSPS) is 36.5. The van der Waals surface area contributed by atoms with E-state index in [9.17, 15) is 4.79 Å². The third kappa shape index (κ3) is 2.14. The van der Waals surface area contributed by atoms with Gasteiger partial charge in [0.25, 0.3) is 5.91 Å². The molecule has 0 aliphatic heterocycles. The van der Waals surface area contributed by atoms with Crippen LogP contribution in [0.15, 0.2) is 24.3 Å². The van der Waals surface area contributed by atoms with Gasteiger partial charge in [-0.15, -0.1) is 0 Å². The molecule has 1 amide bonds. The number of methoxy groups -OCH3 is 1. The Bertz CT molecular complexity index is 539. The maximum atomic E-state index is 12.4. The lowest BCUT2D eigenvalue weighted by molar-refractivity contribution is 0.0901. The Balaban J connectivity index is 1.43. The van der Waals surface area contributed by atoms with E-state index >= 15 is 0 Å². The van der Waals surface area contributed by atoms with Crippen LogP contribution in [0.2, 0.25) is 0 Å². The molecule has 3 fully saturated rings. The van der Waals surface area contributed by atoms with Crippen molar-refractivity contribution in [3.8, 4) is 5.75 Å². The first-order valence-electron chi connectivity index (χ1n) is 8.21. The third-order valence-corrected chi connectivity index (χ3v) is 6.10. The summed E-state index contributed by atoms with van der Waals surface area (Å²) in [5, 5.41) is 3.30. The number of benzene rings is 1. The number of amides is 1. The van der Waals surface area contributed by atoms with E-state index in [0.717, 1.165) is 35.0 Å². The topological polar surface area (TPSA) is 38.3 Å². The van der Waals surface area contributed by atoms with Crippen molar-refractivity contribution in [3.63, 3.8) is 0 Å². The summed E-state index contributed by atoms with van der Waals surface area (Å²) in [4.78, 5) is 12.4. The van der Waals surface area contributed by atoms with E-state index in [-0.39, 0.29) is 5.91 Å². The van der Waals surface area contributed by atoms with Crippen LogP contribution in [-0.4, -0.2) is 19.1 Å². The zero-order valence-corrected chi connectivity index (χ0v) is 12.5. The van der Waals surface area contributed by atoms with Gasteiger partial charge >= 0.3 is 0 Å². The molecule has 2 bridgehead atoms. The molecular weight excluding hydrogens is 262 g/mol. The average molecular weight is 285 g/mol. The number of carbonyl (C=O) groups is 1. The number of hydrogen-bond donors (Lipinski definition) is 1. The zero-order valence-electron chi connectivity index (χ0n) is 12.5. The van der Waals surface area contributed by atoms with Crippen LogP contribution in [0.25, 0.3) is 0 Å². The summed E-state index contributed by atoms with van der Waals surface area (Å²) in [6, 6.07) is 7.80. The molecule has 5 unspecified atom stereocenters. The van der Waals surface area contributed by atoms with Gasteiger partial charge in [-0.1, -0.05) is 6.42 Å². The van der Waals surface area contributed by atoms with Crippen LogP contribution in [0.3, 0.4) is 0 Å². The van der Waals surface area contributed by atoms with Gasteiger partial charge < -0.3 is 10.1 Å². The largest absolute Gasteiger partial charge is 0.497 e. The SMILES string of the molecule is COc1ccc(C(=O)NC2CC3CC2C2CCCC32)cc1. The first-order chi connectivity index (χ1) is 10.3. The van der Waals surface area contributed by atoms with Crippen molar-refractivity contribution in [1.82, 2.24) is 5.32 Å². The Kier molecular flexibility index (Phi) is 3.16.